The van der Waals surface area contributed by atoms with Crippen LogP contribution in [-0.2, 0) is 9.53 Å². The number of nitrogens with zero attached hydrogens (tertiary/aromatic N) is 2. The maximum absolute atomic E-state index is 13.4. The number of ether oxygens (including phenoxy) is 1. The fraction of sp³-hybridized carbons (Fsp3) is 0.545. The van der Waals surface area contributed by atoms with Gasteiger partial charge in [0.15, 0.2) is 5.82 Å². The van der Waals surface area contributed by atoms with Crippen LogP contribution in [0.5, 0.6) is 0 Å². The Morgan fingerprint density at radius 2 is 2.33 bits per heavy atom. The van der Waals surface area contributed by atoms with E-state index >= 15 is 0 Å². The molecule has 0 aliphatic carbocycles. The minimum absolute atomic E-state index is 0.0367. The van der Waals surface area contributed by atoms with Crippen LogP contribution in [-0.4, -0.2) is 34.8 Å². The zero-order chi connectivity index (χ0) is 13.4. The van der Waals surface area contributed by atoms with Crippen molar-refractivity contribution in [1.29, 1.82) is 0 Å². The summed E-state index contributed by atoms with van der Waals surface area (Å²) in [5, 5.41) is 3.11. The van der Waals surface area contributed by atoms with Crippen LogP contribution >= 0.6 is 11.8 Å². The maximum Gasteiger partial charge on any atom is 0.316 e. The van der Waals surface area contributed by atoms with Crippen LogP contribution in [0, 0.1) is 5.82 Å². The molecule has 100 valence electrons. The van der Waals surface area contributed by atoms with Crippen molar-refractivity contribution in [3.63, 3.8) is 0 Å². The van der Waals surface area contributed by atoms with Crippen LogP contribution in [0.25, 0.3) is 0 Å². The van der Waals surface area contributed by atoms with Gasteiger partial charge < -0.3 is 10.1 Å². The molecule has 1 aromatic heterocycles. The molecule has 0 saturated carbocycles. The van der Waals surface area contributed by atoms with Gasteiger partial charge in [-0.2, -0.15) is 0 Å². The van der Waals surface area contributed by atoms with Crippen molar-refractivity contribution in [2.24, 2.45) is 0 Å². The van der Waals surface area contributed by atoms with Crippen molar-refractivity contribution < 1.29 is 13.9 Å². The van der Waals surface area contributed by atoms with Gasteiger partial charge in [-0.15, -0.1) is 0 Å². The van der Waals surface area contributed by atoms with E-state index in [1.54, 1.807) is 6.92 Å². The van der Waals surface area contributed by atoms with Crippen LogP contribution in [0.15, 0.2) is 11.2 Å². The molecule has 0 amide bonds. The number of anilines is 1. The number of esters is 1. The molecular formula is C11H16FN3O2S. The van der Waals surface area contributed by atoms with Crippen LogP contribution < -0.4 is 5.32 Å². The van der Waals surface area contributed by atoms with Gasteiger partial charge in [0.25, 0.3) is 0 Å². The molecule has 0 aliphatic rings. The molecule has 18 heavy (non-hydrogen) atoms. The first kappa shape index (κ1) is 14.7. The number of carbonyl (C=O) groups excluding carboxylic acids is 1. The lowest BCUT2D eigenvalue weighted by molar-refractivity contribution is -0.139. The second kappa shape index (κ2) is 7.86. The Bertz CT molecular complexity index is 404. The summed E-state index contributed by atoms with van der Waals surface area (Å²) in [5.41, 5.74) is 0. The van der Waals surface area contributed by atoms with Crippen LogP contribution in [0.2, 0.25) is 0 Å². The van der Waals surface area contributed by atoms with Crippen molar-refractivity contribution in [2.45, 2.75) is 25.3 Å². The number of nitrogens with one attached hydrogen (secondary N) is 1. The van der Waals surface area contributed by atoms with Crippen molar-refractivity contribution >= 4 is 23.7 Å². The largest absolute Gasteiger partial charge is 0.465 e. The third kappa shape index (κ3) is 4.87. The van der Waals surface area contributed by atoms with Gasteiger partial charge in [0.1, 0.15) is 5.03 Å². The predicted molar refractivity (Wildman–Crippen MR) is 68.1 cm³/mol. The number of thioether (sulfide) groups is 1. The summed E-state index contributed by atoms with van der Waals surface area (Å²) in [7, 11) is 0. The molecule has 0 fully saturated rings. The zero-order valence-corrected chi connectivity index (χ0v) is 11.2. The summed E-state index contributed by atoms with van der Waals surface area (Å²) in [6.45, 7) is 4.76. The van der Waals surface area contributed by atoms with Gasteiger partial charge in [-0.1, -0.05) is 18.7 Å². The lowest BCUT2D eigenvalue weighted by Crippen LogP contribution is -2.08. The van der Waals surface area contributed by atoms with E-state index in [1.807, 2.05) is 6.92 Å². The Kier molecular flexibility index (Phi) is 6.42. The van der Waals surface area contributed by atoms with E-state index in [1.165, 1.54) is 0 Å². The topological polar surface area (TPSA) is 64.1 Å². The van der Waals surface area contributed by atoms with Crippen molar-refractivity contribution in [3.8, 4) is 0 Å². The lowest BCUT2D eigenvalue weighted by atomic mass is 10.5. The normalized spacial score (nSPS) is 10.2. The molecule has 7 heteroatoms. The average Bonchev–Trinajstić information content (AvgIpc) is 2.36. The summed E-state index contributed by atoms with van der Waals surface area (Å²) in [6.07, 6.45) is 2.02. The Morgan fingerprint density at radius 3 is 3.00 bits per heavy atom. The van der Waals surface area contributed by atoms with E-state index in [0.717, 1.165) is 24.4 Å². The van der Waals surface area contributed by atoms with E-state index in [0.29, 0.717) is 19.1 Å². The molecular weight excluding hydrogens is 257 g/mol. The number of halogens is 1. The Labute approximate surface area is 110 Å². The SMILES string of the molecule is CCCNc1ncc(F)c(SCC(=O)OCC)n1. The molecule has 1 aromatic rings. The number of hydrogen-bond donors (Lipinski definition) is 1. The van der Waals surface area contributed by atoms with Gasteiger partial charge in [0, 0.05) is 6.54 Å². The Morgan fingerprint density at radius 1 is 1.56 bits per heavy atom. The van der Waals surface area contributed by atoms with E-state index < -0.39 is 5.82 Å². The van der Waals surface area contributed by atoms with Crippen LogP contribution in [0.3, 0.4) is 0 Å². The lowest BCUT2D eigenvalue weighted by Gasteiger charge is -2.06. The van der Waals surface area contributed by atoms with Gasteiger partial charge >= 0.3 is 5.97 Å². The molecule has 0 aromatic carbocycles. The molecule has 0 atom stereocenters. The van der Waals surface area contributed by atoms with Gasteiger partial charge in [-0.05, 0) is 13.3 Å². The highest BCUT2D eigenvalue weighted by molar-refractivity contribution is 7.99. The van der Waals surface area contributed by atoms with Crippen molar-refractivity contribution in [2.75, 3.05) is 24.2 Å². The Balaban J connectivity index is 2.60. The number of aromatic nitrogens is 2. The third-order valence-corrected chi connectivity index (χ3v) is 2.82. The van der Waals surface area contributed by atoms with E-state index in [4.69, 9.17) is 4.74 Å². The van der Waals surface area contributed by atoms with Crippen LogP contribution in [0.4, 0.5) is 10.3 Å². The molecule has 1 rings (SSSR count). The number of rotatable bonds is 7. The molecule has 1 N–H and O–H groups in total. The van der Waals surface area contributed by atoms with Gasteiger partial charge in [0.05, 0.1) is 18.6 Å². The molecule has 1 heterocycles. The summed E-state index contributed by atoms with van der Waals surface area (Å²) in [5.74, 6) is -0.519. The zero-order valence-electron chi connectivity index (χ0n) is 10.4. The quantitative estimate of drug-likeness (QED) is 0.466. The smallest absolute Gasteiger partial charge is 0.316 e. The molecule has 0 aliphatic heterocycles. The average molecular weight is 273 g/mol. The molecule has 0 radical (unpaired) electrons. The first-order chi connectivity index (χ1) is 8.67. The fourth-order valence-electron chi connectivity index (χ4n) is 1.10. The second-order valence-corrected chi connectivity index (χ2v) is 4.33. The summed E-state index contributed by atoms with van der Waals surface area (Å²) >= 11 is 1.00. The van der Waals surface area contributed by atoms with E-state index in [2.05, 4.69) is 15.3 Å². The summed E-state index contributed by atoms with van der Waals surface area (Å²) < 4.78 is 18.2. The third-order valence-electron chi connectivity index (χ3n) is 1.88. The molecule has 0 bridgehead atoms. The van der Waals surface area contributed by atoms with Crippen LogP contribution in [0.1, 0.15) is 20.3 Å². The second-order valence-electron chi connectivity index (χ2n) is 3.37. The van der Waals surface area contributed by atoms with Gasteiger partial charge in [-0.25, -0.2) is 14.4 Å². The molecule has 0 saturated heterocycles. The van der Waals surface area contributed by atoms with Crippen molar-refractivity contribution in [3.05, 3.63) is 12.0 Å². The first-order valence-electron chi connectivity index (χ1n) is 5.72. The van der Waals surface area contributed by atoms with Gasteiger partial charge in [-0.3, -0.25) is 4.79 Å². The molecule has 0 unspecified atom stereocenters. The fourth-order valence-corrected chi connectivity index (χ4v) is 1.78. The van der Waals surface area contributed by atoms with Gasteiger partial charge in [0.2, 0.25) is 5.95 Å². The highest BCUT2D eigenvalue weighted by atomic mass is 32.2. The predicted octanol–water partition coefficient (Wildman–Crippen LogP) is 2.09. The van der Waals surface area contributed by atoms with E-state index in [-0.39, 0.29) is 16.7 Å². The monoisotopic (exact) mass is 273 g/mol. The first-order valence-corrected chi connectivity index (χ1v) is 6.70. The number of hydrogen-bond acceptors (Lipinski definition) is 6. The highest BCUT2D eigenvalue weighted by Crippen LogP contribution is 2.20. The minimum atomic E-state index is -0.536. The Hall–Kier alpha value is -1.37. The minimum Gasteiger partial charge on any atom is -0.465 e. The molecule has 0 spiro atoms. The standard InChI is InChI=1S/C11H16FN3O2S/c1-3-5-13-11-14-6-8(12)10(15-11)18-7-9(16)17-4-2/h6H,3-5,7H2,1-2H3,(H,13,14,15). The summed E-state index contributed by atoms with van der Waals surface area (Å²) in [4.78, 5) is 19.0. The maximum atomic E-state index is 13.4. The molecule has 5 nitrogen and oxygen atoms in total. The highest BCUT2D eigenvalue weighted by Gasteiger charge is 2.10. The van der Waals surface area contributed by atoms with Crippen molar-refractivity contribution in [1.82, 2.24) is 9.97 Å². The number of carbonyl (C=O) groups is 1. The van der Waals surface area contributed by atoms with E-state index in [9.17, 15) is 9.18 Å². The summed E-state index contributed by atoms with van der Waals surface area (Å²) in [6, 6.07) is 0.